The summed E-state index contributed by atoms with van der Waals surface area (Å²) < 4.78 is 0. The Labute approximate surface area is 94.5 Å². The van der Waals surface area contributed by atoms with E-state index in [1.165, 1.54) is 0 Å². The number of halogens is 1. The highest BCUT2D eigenvalue weighted by molar-refractivity contribution is 9.10. The number of carbonyl (C=O) groups is 1. The van der Waals surface area contributed by atoms with E-state index in [4.69, 9.17) is 0 Å². The van der Waals surface area contributed by atoms with Crippen LogP contribution in [0.3, 0.4) is 0 Å². The van der Waals surface area contributed by atoms with Crippen LogP contribution in [-0.2, 0) is 4.79 Å². The van der Waals surface area contributed by atoms with Crippen molar-refractivity contribution in [3.05, 3.63) is 0 Å². The van der Waals surface area contributed by atoms with Crippen LogP contribution in [0.2, 0.25) is 0 Å². The van der Waals surface area contributed by atoms with Crippen molar-refractivity contribution in [3.8, 4) is 0 Å². The van der Waals surface area contributed by atoms with Gasteiger partial charge >= 0.3 is 0 Å². The van der Waals surface area contributed by atoms with E-state index < -0.39 is 10.9 Å². The lowest BCUT2D eigenvalue weighted by Crippen LogP contribution is -2.62. The second-order valence-corrected chi connectivity index (χ2v) is 5.59. The molecule has 0 spiro atoms. The maximum Gasteiger partial charge on any atom is 0.237 e. The number of carbonyl (C=O) groups excluding carboxylic acids is 1. The van der Waals surface area contributed by atoms with E-state index in [1.54, 1.807) is 11.8 Å². The second-order valence-electron chi connectivity index (χ2n) is 3.31. The molecule has 0 bridgehead atoms. The fraction of sp³-hybridized carbons (Fsp3) is 0.857. The number of aliphatic hydroxyl groups is 1. The molecule has 2 rings (SSSR count). The Morgan fingerprint density at radius 1 is 1.64 bits per heavy atom. The standard InChI is InChI=1S/C7H12BrN3O2S/c1-9-7-11-5-4(14-7)3(12)2(8)6(13)10-5/h2-5,7,9,11-12H,1H3,(H,10,13). The molecule has 2 fully saturated rings. The van der Waals surface area contributed by atoms with Gasteiger partial charge in [0.2, 0.25) is 5.91 Å². The second kappa shape index (κ2) is 3.97. The van der Waals surface area contributed by atoms with Gasteiger partial charge in [-0.05, 0) is 7.05 Å². The third-order valence-corrected chi connectivity index (χ3v) is 4.87. The largest absolute Gasteiger partial charge is 0.390 e. The number of piperidine rings is 1. The predicted octanol–water partition coefficient (Wildman–Crippen LogP) is -1.23. The van der Waals surface area contributed by atoms with Crippen LogP contribution in [0.5, 0.6) is 0 Å². The minimum absolute atomic E-state index is 0.00507. The first-order valence-electron chi connectivity index (χ1n) is 4.35. The van der Waals surface area contributed by atoms with Gasteiger partial charge in [-0.3, -0.25) is 15.4 Å². The SMILES string of the molecule is CNC1NC2NC(=O)C(Br)C(O)C2S1. The summed E-state index contributed by atoms with van der Waals surface area (Å²) in [5.41, 5.74) is 0.0812. The Kier molecular flexibility index (Phi) is 3.03. The van der Waals surface area contributed by atoms with Gasteiger partial charge in [0.05, 0.1) is 17.5 Å². The number of aliphatic hydroxyl groups excluding tert-OH is 1. The molecular formula is C7H12BrN3O2S. The molecule has 0 aliphatic carbocycles. The summed E-state index contributed by atoms with van der Waals surface area (Å²) in [4.78, 5) is 10.8. The summed E-state index contributed by atoms with van der Waals surface area (Å²) in [5, 5.41) is 18.8. The Balaban J connectivity index is 2.10. The van der Waals surface area contributed by atoms with Gasteiger partial charge in [-0.2, -0.15) is 0 Å². The minimum atomic E-state index is -0.649. The van der Waals surface area contributed by atoms with Crippen LogP contribution in [0.4, 0.5) is 0 Å². The maximum atomic E-state index is 11.4. The van der Waals surface area contributed by atoms with E-state index in [0.717, 1.165) is 0 Å². The summed E-state index contributed by atoms with van der Waals surface area (Å²) in [6, 6.07) is 0. The van der Waals surface area contributed by atoms with Crippen LogP contribution in [0.15, 0.2) is 0 Å². The molecular weight excluding hydrogens is 270 g/mol. The first kappa shape index (κ1) is 10.7. The molecule has 14 heavy (non-hydrogen) atoms. The van der Waals surface area contributed by atoms with Crippen molar-refractivity contribution in [1.82, 2.24) is 16.0 Å². The highest BCUT2D eigenvalue weighted by atomic mass is 79.9. The summed E-state index contributed by atoms with van der Waals surface area (Å²) in [6.07, 6.45) is -0.793. The Hall–Kier alpha value is 0.180. The number of hydrogen-bond donors (Lipinski definition) is 4. The fourth-order valence-corrected chi connectivity index (χ4v) is 3.60. The third kappa shape index (κ3) is 1.67. The van der Waals surface area contributed by atoms with Crippen molar-refractivity contribution in [1.29, 1.82) is 0 Å². The normalized spacial score (nSPS) is 47.4. The monoisotopic (exact) mass is 281 g/mol. The number of alkyl halides is 1. The number of amides is 1. The number of hydrogen-bond acceptors (Lipinski definition) is 5. The van der Waals surface area contributed by atoms with E-state index in [-0.39, 0.29) is 22.8 Å². The van der Waals surface area contributed by atoms with Crippen LogP contribution in [-0.4, -0.2) is 45.9 Å². The molecule has 4 N–H and O–H groups in total. The summed E-state index contributed by atoms with van der Waals surface area (Å²) >= 11 is 4.77. The van der Waals surface area contributed by atoms with E-state index in [0.29, 0.717) is 0 Å². The molecule has 1 amide bonds. The lowest BCUT2D eigenvalue weighted by atomic mass is 10.1. The molecule has 0 saturated carbocycles. The van der Waals surface area contributed by atoms with Gasteiger partial charge in [-0.15, -0.1) is 11.8 Å². The molecule has 5 atom stereocenters. The number of nitrogens with one attached hydrogen (secondary N) is 3. The zero-order chi connectivity index (χ0) is 10.3. The number of thioether (sulfide) groups is 1. The van der Waals surface area contributed by atoms with Crippen LogP contribution in [0, 0.1) is 0 Å². The Morgan fingerprint density at radius 3 is 3.00 bits per heavy atom. The van der Waals surface area contributed by atoms with Crippen molar-refractivity contribution in [2.24, 2.45) is 0 Å². The molecule has 2 heterocycles. The van der Waals surface area contributed by atoms with Gasteiger partial charge in [0.25, 0.3) is 0 Å². The Morgan fingerprint density at radius 2 is 2.36 bits per heavy atom. The topological polar surface area (TPSA) is 73.4 Å². The van der Waals surface area contributed by atoms with E-state index in [2.05, 4.69) is 31.9 Å². The highest BCUT2D eigenvalue weighted by Gasteiger charge is 2.47. The molecule has 0 aromatic rings. The smallest absolute Gasteiger partial charge is 0.237 e. The molecule has 2 aliphatic rings. The Bertz CT molecular complexity index is 255. The van der Waals surface area contributed by atoms with Crippen molar-refractivity contribution in [2.45, 2.75) is 27.8 Å². The summed E-state index contributed by atoms with van der Waals surface area (Å²) in [6.45, 7) is 0. The first-order chi connectivity index (χ1) is 6.63. The van der Waals surface area contributed by atoms with Gasteiger partial charge in [0, 0.05) is 0 Å². The zero-order valence-corrected chi connectivity index (χ0v) is 9.93. The van der Waals surface area contributed by atoms with Crippen LogP contribution in [0.25, 0.3) is 0 Å². The highest BCUT2D eigenvalue weighted by Crippen LogP contribution is 2.33. The summed E-state index contributed by atoms with van der Waals surface area (Å²) in [7, 11) is 1.84. The minimum Gasteiger partial charge on any atom is -0.390 e. The van der Waals surface area contributed by atoms with Crippen molar-refractivity contribution < 1.29 is 9.90 Å². The molecule has 5 unspecified atom stereocenters. The molecule has 0 aromatic heterocycles. The molecule has 0 radical (unpaired) electrons. The predicted molar refractivity (Wildman–Crippen MR) is 58.0 cm³/mol. The zero-order valence-electron chi connectivity index (χ0n) is 7.53. The van der Waals surface area contributed by atoms with Gasteiger partial charge in [0.1, 0.15) is 10.3 Å². The molecule has 80 valence electrons. The lowest BCUT2D eigenvalue weighted by molar-refractivity contribution is -0.125. The van der Waals surface area contributed by atoms with Gasteiger partial charge in [-0.1, -0.05) is 15.9 Å². The third-order valence-electron chi connectivity index (χ3n) is 2.40. The molecule has 7 heteroatoms. The molecule has 2 saturated heterocycles. The fourth-order valence-electron chi connectivity index (χ4n) is 1.64. The summed E-state index contributed by atoms with van der Waals surface area (Å²) in [5.74, 6) is -0.163. The van der Waals surface area contributed by atoms with E-state index in [1.807, 2.05) is 7.05 Å². The number of rotatable bonds is 1. The van der Waals surface area contributed by atoms with Crippen molar-refractivity contribution in [3.63, 3.8) is 0 Å². The molecule has 5 nitrogen and oxygen atoms in total. The van der Waals surface area contributed by atoms with E-state index >= 15 is 0 Å². The van der Waals surface area contributed by atoms with Gasteiger partial charge < -0.3 is 10.4 Å². The lowest BCUT2D eigenvalue weighted by Gasteiger charge is -2.32. The maximum absolute atomic E-state index is 11.4. The first-order valence-corrected chi connectivity index (χ1v) is 6.20. The molecule has 0 aromatic carbocycles. The van der Waals surface area contributed by atoms with Gasteiger partial charge in [0.15, 0.2) is 0 Å². The van der Waals surface area contributed by atoms with Crippen LogP contribution in [0.1, 0.15) is 0 Å². The molecule has 2 aliphatic heterocycles. The quantitative estimate of drug-likeness (QED) is 0.454. The van der Waals surface area contributed by atoms with Crippen LogP contribution < -0.4 is 16.0 Å². The van der Waals surface area contributed by atoms with Crippen molar-refractivity contribution >= 4 is 33.6 Å². The average Bonchev–Trinajstić information content (AvgIpc) is 2.57. The average molecular weight is 282 g/mol. The number of fused-ring (bicyclic) bond motifs is 1. The van der Waals surface area contributed by atoms with Crippen molar-refractivity contribution in [2.75, 3.05) is 7.05 Å². The van der Waals surface area contributed by atoms with Gasteiger partial charge in [-0.25, -0.2) is 0 Å². The van der Waals surface area contributed by atoms with E-state index in [9.17, 15) is 9.90 Å². The van der Waals surface area contributed by atoms with Crippen LogP contribution >= 0.6 is 27.7 Å².